The van der Waals surface area contributed by atoms with Gasteiger partial charge >= 0.3 is 0 Å². The lowest BCUT2D eigenvalue weighted by molar-refractivity contribution is 0.102. The van der Waals surface area contributed by atoms with Crippen molar-refractivity contribution >= 4 is 11.9 Å². The number of aryl methyl sites for hydroxylation is 1. The molecular weight excluding hydrogens is 254 g/mol. The molecule has 0 aliphatic carbocycles. The lowest BCUT2D eigenvalue weighted by Crippen LogP contribution is -2.14. The van der Waals surface area contributed by atoms with E-state index in [0.29, 0.717) is 11.1 Å². The van der Waals surface area contributed by atoms with Crippen molar-refractivity contribution in [2.24, 2.45) is 0 Å². The zero-order valence-corrected chi connectivity index (χ0v) is 10.9. The Hall–Kier alpha value is -2.71. The van der Waals surface area contributed by atoms with E-state index in [4.69, 9.17) is 5.11 Å². The minimum atomic E-state index is -0.299. The SMILES string of the molecule is Cc1cc(C#CCO)cc(C(=O)Nc2ncccn2)c1. The molecule has 100 valence electrons. The van der Waals surface area contributed by atoms with Gasteiger partial charge in [-0.05, 0) is 36.8 Å². The van der Waals surface area contributed by atoms with Crippen LogP contribution in [-0.2, 0) is 0 Å². The molecule has 5 nitrogen and oxygen atoms in total. The smallest absolute Gasteiger partial charge is 0.258 e. The van der Waals surface area contributed by atoms with E-state index in [2.05, 4.69) is 27.1 Å². The van der Waals surface area contributed by atoms with Crippen molar-refractivity contribution in [2.45, 2.75) is 6.92 Å². The quantitative estimate of drug-likeness (QED) is 0.806. The third-order valence-electron chi connectivity index (χ3n) is 2.44. The second-order valence-corrected chi connectivity index (χ2v) is 4.07. The first-order valence-electron chi connectivity index (χ1n) is 5.99. The summed E-state index contributed by atoms with van der Waals surface area (Å²) in [6.45, 7) is 1.66. The number of aliphatic hydroxyl groups is 1. The molecule has 0 bridgehead atoms. The predicted molar refractivity (Wildman–Crippen MR) is 75.1 cm³/mol. The fraction of sp³-hybridized carbons (Fsp3) is 0.133. The summed E-state index contributed by atoms with van der Waals surface area (Å²) >= 11 is 0. The highest BCUT2D eigenvalue weighted by Crippen LogP contribution is 2.10. The van der Waals surface area contributed by atoms with Crippen LogP contribution in [0.25, 0.3) is 0 Å². The number of hydrogen-bond donors (Lipinski definition) is 2. The van der Waals surface area contributed by atoms with Crippen molar-refractivity contribution in [1.82, 2.24) is 9.97 Å². The minimum Gasteiger partial charge on any atom is -0.384 e. The summed E-state index contributed by atoms with van der Waals surface area (Å²) < 4.78 is 0. The largest absolute Gasteiger partial charge is 0.384 e. The van der Waals surface area contributed by atoms with Crippen LogP contribution in [0, 0.1) is 18.8 Å². The molecule has 0 aliphatic rings. The molecule has 2 N–H and O–H groups in total. The number of carbonyl (C=O) groups excluding carboxylic acids is 1. The number of aliphatic hydroxyl groups excluding tert-OH is 1. The second kappa shape index (κ2) is 6.45. The van der Waals surface area contributed by atoms with Gasteiger partial charge in [-0.25, -0.2) is 9.97 Å². The number of benzene rings is 1. The van der Waals surface area contributed by atoms with Gasteiger partial charge in [0.05, 0.1) is 0 Å². The number of anilines is 1. The first kappa shape index (κ1) is 13.7. The first-order chi connectivity index (χ1) is 9.69. The van der Waals surface area contributed by atoms with E-state index >= 15 is 0 Å². The van der Waals surface area contributed by atoms with Crippen molar-refractivity contribution in [2.75, 3.05) is 11.9 Å². The van der Waals surface area contributed by atoms with Crippen LogP contribution in [0.5, 0.6) is 0 Å². The van der Waals surface area contributed by atoms with Crippen LogP contribution in [0.2, 0.25) is 0 Å². The third kappa shape index (κ3) is 3.64. The van der Waals surface area contributed by atoms with Crippen molar-refractivity contribution < 1.29 is 9.90 Å². The standard InChI is InChI=1S/C15H13N3O2/c1-11-8-12(4-2-7-19)10-13(9-11)14(20)18-15-16-5-3-6-17-15/h3,5-6,8-10,19H,7H2,1H3,(H,16,17,18,20). The molecule has 1 heterocycles. The van der Waals surface area contributed by atoms with Gasteiger partial charge in [-0.1, -0.05) is 11.8 Å². The fourth-order valence-corrected chi connectivity index (χ4v) is 1.67. The van der Waals surface area contributed by atoms with E-state index in [1.165, 1.54) is 0 Å². The Morgan fingerprint density at radius 3 is 2.75 bits per heavy atom. The monoisotopic (exact) mass is 267 g/mol. The van der Waals surface area contributed by atoms with Crippen LogP contribution in [0.4, 0.5) is 5.95 Å². The van der Waals surface area contributed by atoms with E-state index in [9.17, 15) is 4.79 Å². The number of nitrogens with zero attached hydrogens (tertiary/aromatic N) is 2. The Labute approximate surface area is 116 Å². The Morgan fingerprint density at radius 2 is 2.05 bits per heavy atom. The molecule has 0 radical (unpaired) electrons. The lowest BCUT2D eigenvalue weighted by atomic mass is 10.1. The van der Waals surface area contributed by atoms with Crippen molar-refractivity contribution in [3.8, 4) is 11.8 Å². The van der Waals surface area contributed by atoms with Gasteiger partial charge in [0.15, 0.2) is 0 Å². The number of nitrogens with one attached hydrogen (secondary N) is 1. The van der Waals surface area contributed by atoms with Crippen molar-refractivity contribution in [1.29, 1.82) is 0 Å². The first-order valence-corrected chi connectivity index (χ1v) is 5.99. The van der Waals surface area contributed by atoms with Gasteiger partial charge in [0.2, 0.25) is 5.95 Å². The molecule has 0 atom stereocenters. The maximum atomic E-state index is 12.1. The maximum Gasteiger partial charge on any atom is 0.258 e. The zero-order chi connectivity index (χ0) is 14.4. The van der Waals surface area contributed by atoms with Crippen LogP contribution in [0.1, 0.15) is 21.5 Å². The van der Waals surface area contributed by atoms with Gasteiger partial charge < -0.3 is 5.11 Å². The molecule has 5 heteroatoms. The molecule has 0 saturated heterocycles. The normalized spacial score (nSPS) is 9.50. The number of amides is 1. The topological polar surface area (TPSA) is 75.1 Å². The molecule has 0 saturated carbocycles. The van der Waals surface area contributed by atoms with Crippen LogP contribution in [-0.4, -0.2) is 27.6 Å². The van der Waals surface area contributed by atoms with E-state index in [-0.39, 0.29) is 18.5 Å². The fourth-order valence-electron chi connectivity index (χ4n) is 1.67. The molecule has 0 aliphatic heterocycles. The Kier molecular flexibility index (Phi) is 4.43. The average molecular weight is 267 g/mol. The molecule has 0 spiro atoms. The third-order valence-corrected chi connectivity index (χ3v) is 2.44. The van der Waals surface area contributed by atoms with Gasteiger partial charge in [0.1, 0.15) is 6.61 Å². The van der Waals surface area contributed by atoms with E-state index in [1.807, 2.05) is 13.0 Å². The van der Waals surface area contributed by atoms with E-state index in [0.717, 1.165) is 5.56 Å². The van der Waals surface area contributed by atoms with Crippen LogP contribution < -0.4 is 5.32 Å². The second-order valence-electron chi connectivity index (χ2n) is 4.07. The van der Waals surface area contributed by atoms with Gasteiger partial charge in [0, 0.05) is 23.5 Å². The summed E-state index contributed by atoms with van der Waals surface area (Å²) in [7, 11) is 0. The minimum absolute atomic E-state index is 0.215. The molecule has 0 unspecified atom stereocenters. The molecule has 2 aromatic rings. The maximum absolute atomic E-state index is 12.1. The van der Waals surface area contributed by atoms with Crippen molar-refractivity contribution in [3.63, 3.8) is 0 Å². The van der Waals surface area contributed by atoms with Crippen LogP contribution in [0.15, 0.2) is 36.7 Å². The van der Waals surface area contributed by atoms with Gasteiger partial charge in [-0.3, -0.25) is 10.1 Å². The lowest BCUT2D eigenvalue weighted by Gasteiger charge is -2.05. The summed E-state index contributed by atoms with van der Waals surface area (Å²) in [5, 5.41) is 11.3. The summed E-state index contributed by atoms with van der Waals surface area (Å²) in [4.78, 5) is 20.0. The van der Waals surface area contributed by atoms with Crippen LogP contribution >= 0.6 is 0 Å². The molecule has 2 rings (SSSR count). The number of carbonyl (C=O) groups is 1. The Balaban J connectivity index is 2.23. The number of hydrogen-bond acceptors (Lipinski definition) is 4. The summed E-state index contributed by atoms with van der Waals surface area (Å²) in [6, 6.07) is 6.93. The highest BCUT2D eigenvalue weighted by Gasteiger charge is 2.08. The predicted octanol–water partition coefficient (Wildman–Crippen LogP) is 1.38. The van der Waals surface area contributed by atoms with Crippen LogP contribution in [0.3, 0.4) is 0 Å². The average Bonchev–Trinajstić information content (AvgIpc) is 2.45. The molecule has 1 amide bonds. The molecule has 1 aromatic heterocycles. The highest BCUT2D eigenvalue weighted by molar-refractivity contribution is 6.03. The molecule has 0 fully saturated rings. The molecule has 20 heavy (non-hydrogen) atoms. The summed E-state index contributed by atoms with van der Waals surface area (Å²) in [6.07, 6.45) is 3.11. The Morgan fingerprint density at radius 1 is 1.30 bits per heavy atom. The number of aromatic nitrogens is 2. The van der Waals surface area contributed by atoms with Gasteiger partial charge in [-0.2, -0.15) is 0 Å². The number of rotatable bonds is 2. The molecular formula is C15H13N3O2. The zero-order valence-electron chi connectivity index (χ0n) is 10.9. The summed E-state index contributed by atoms with van der Waals surface area (Å²) in [5.74, 6) is 5.29. The molecule has 1 aromatic carbocycles. The highest BCUT2D eigenvalue weighted by atomic mass is 16.2. The van der Waals surface area contributed by atoms with Crippen molar-refractivity contribution in [3.05, 3.63) is 53.3 Å². The summed E-state index contributed by atoms with van der Waals surface area (Å²) in [5.41, 5.74) is 2.06. The van der Waals surface area contributed by atoms with E-state index in [1.54, 1.807) is 30.6 Å². The van der Waals surface area contributed by atoms with Gasteiger partial charge in [0.25, 0.3) is 5.91 Å². The van der Waals surface area contributed by atoms with Gasteiger partial charge in [-0.15, -0.1) is 0 Å². The van der Waals surface area contributed by atoms with E-state index < -0.39 is 0 Å². The Bertz CT molecular complexity index is 673.